The number of nitrogens with one attached hydrogen (secondary N) is 4. The summed E-state index contributed by atoms with van der Waals surface area (Å²) in [5, 5.41) is 23.0. The fourth-order valence-electron chi connectivity index (χ4n) is 9.21. The van der Waals surface area contributed by atoms with Crippen molar-refractivity contribution in [3.8, 4) is 5.75 Å². The van der Waals surface area contributed by atoms with Crippen molar-refractivity contribution in [2.24, 2.45) is 23.7 Å². The molecule has 2 saturated heterocycles. The average molecular weight is 1020 g/mol. The van der Waals surface area contributed by atoms with E-state index in [1.165, 1.54) is 37.9 Å². The van der Waals surface area contributed by atoms with E-state index >= 15 is 0 Å². The third kappa shape index (κ3) is 16.6. The Morgan fingerprint density at radius 3 is 2.12 bits per heavy atom. The molecule has 2 aliphatic heterocycles. The molecule has 73 heavy (non-hydrogen) atoms. The van der Waals surface area contributed by atoms with Gasteiger partial charge in [-0.2, -0.15) is 0 Å². The minimum absolute atomic E-state index is 0.0664. The number of likely N-dealkylation sites (N-methyl/N-ethyl adjacent to an activating group) is 2. The summed E-state index contributed by atoms with van der Waals surface area (Å²) >= 11 is 0. The van der Waals surface area contributed by atoms with Crippen LogP contribution >= 0.6 is 0 Å². The lowest BCUT2D eigenvalue weighted by atomic mass is 9.91. The molecule has 19 nitrogen and oxygen atoms in total. The molecule has 10 atom stereocenters. The largest absolute Gasteiger partial charge is 0.497 e. The molecule has 2 fully saturated rings. The maximum Gasteiger partial charge on any atom is 0.410 e. The van der Waals surface area contributed by atoms with Gasteiger partial charge in [0.25, 0.3) is 0 Å². The standard InChI is InChI=1S/C54H81N7O12/c1-13-34(8)46-43(62)29-44(63)56-45(33(6)7)49(65)55-39(26-31(2)3)51(67)61-25-17-20-40(61)52(68)59(10)42(28-36-21-23-38(71-12)24-22-36)53(69)73-35(9)47(50(66)57-46)58-48(64)41(27-32(4)5)60(11)54(70)72-30-37-18-15-14-16-19-37/h14-16,18-19,21-24,31-35,39-43,45-47,62H,13,17,20,25-30H2,1-12H3,(H,55,65)(H,56,63)(H,57,66)(H,58,64)/t34-,35+,39-,40-,41+,42-,43-,45-,46+,47-/m0/s1. The van der Waals surface area contributed by atoms with E-state index in [0.717, 1.165) is 10.5 Å². The second-order valence-electron chi connectivity index (χ2n) is 20.8. The number of esters is 1. The predicted octanol–water partition coefficient (Wildman–Crippen LogP) is 4.12. The second-order valence-corrected chi connectivity index (χ2v) is 20.8. The summed E-state index contributed by atoms with van der Waals surface area (Å²) in [5.74, 6) is -5.56. The zero-order valence-corrected chi connectivity index (χ0v) is 44.8. The molecule has 0 radical (unpaired) electrons. The lowest BCUT2D eigenvalue weighted by Crippen LogP contribution is -2.61. The molecule has 4 rings (SSSR count). The average Bonchev–Trinajstić information content (AvgIpc) is 3.85. The number of aliphatic hydroxyl groups excluding tert-OH is 1. The van der Waals surface area contributed by atoms with E-state index in [1.54, 1.807) is 69.3 Å². The van der Waals surface area contributed by atoms with Crippen molar-refractivity contribution in [3.63, 3.8) is 0 Å². The summed E-state index contributed by atoms with van der Waals surface area (Å²) in [6.45, 7) is 16.1. The number of aliphatic hydroxyl groups is 1. The summed E-state index contributed by atoms with van der Waals surface area (Å²) in [5.41, 5.74) is 1.34. The zero-order valence-electron chi connectivity index (χ0n) is 44.8. The van der Waals surface area contributed by atoms with Gasteiger partial charge in [0.1, 0.15) is 54.7 Å². The first kappa shape index (κ1) is 59.3. The molecule has 0 aromatic heterocycles. The van der Waals surface area contributed by atoms with Crippen LogP contribution in [0.2, 0.25) is 0 Å². The van der Waals surface area contributed by atoms with E-state index in [1.807, 2.05) is 40.7 Å². The molecule has 404 valence electrons. The Hall–Kier alpha value is -6.24. The van der Waals surface area contributed by atoms with E-state index in [2.05, 4.69) is 21.3 Å². The molecule has 0 bridgehead atoms. The Kier molecular flexibility index (Phi) is 22.5. The van der Waals surface area contributed by atoms with E-state index in [0.29, 0.717) is 24.2 Å². The quantitative estimate of drug-likeness (QED) is 0.158. The second kappa shape index (κ2) is 27.7. The highest BCUT2D eigenvalue weighted by atomic mass is 16.6. The van der Waals surface area contributed by atoms with E-state index in [9.17, 15) is 43.5 Å². The smallest absolute Gasteiger partial charge is 0.410 e. The number of carbonyl (C=O) groups is 8. The van der Waals surface area contributed by atoms with Gasteiger partial charge in [0, 0.05) is 27.1 Å². The molecule has 0 spiro atoms. The molecule has 7 amide bonds. The number of cyclic esters (lactones) is 1. The Morgan fingerprint density at radius 1 is 0.877 bits per heavy atom. The first-order valence-corrected chi connectivity index (χ1v) is 25.7. The Morgan fingerprint density at radius 2 is 1.53 bits per heavy atom. The van der Waals surface area contributed by atoms with E-state index in [4.69, 9.17) is 14.2 Å². The summed E-state index contributed by atoms with van der Waals surface area (Å²) < 4.78 is 17.1. The van der Waals surface area contributed by atoms with Crippen LogP contribution in [0.15, 0.2) is 54.6 Å². The van der Waals surface area contributed by atoms with Gasteiger partial charge < -0.3 is 50.4 Å². The molecule has 0 saturated carbocycles. The first-order chi connectivity index (χ1) is 34.5. The fraction of sp³-hybridized carbons (Fsp3) is 0.630. The molecule has 2 aromatic carbocycles. The number of nitrogens with zero attached hydrogens (tertiary/aromatic N) is 3. The SMILES string of the molecule is CC[C@H](C)[C@H]1NC(=O)[C@@H](NC(=O)[C@@H](CC(C)C)N(C)C(=O)OCc2ccccc2)[C@@H](C)OC(=O)[C@H](Cc2ccc(OC)cc2)N(C)C(=O)[C@@H]2CCCN2C(=O)[C@H](CC(C)C)NC(=O)[C@H](C(C)C)NC(=O)C[C@@H]1O. The van der Waals surface area contributed by atoms with Crippen molar-refractivity contribution >= 4 is 47.5 Å². The van der Waals surface area contributed by atoms with Crippen molar-refractivity contribution in [1.29, 1.82) is 0 Å². The van der Waals surface area contributed by atoms with Crippen LogP contribution in [0.3, 0.4) is 0 Å². The van der Waals surface area contributed by atoms with Crippen LogP contribution < -0.4 is 26.0 Å². The van der Waals surface area contributed by atoms with Crippen LogP contribution in [0.4, 0.5) is 4.79 Å². The normalized spacial score (nSPS) is 24.9. The summed E-state index contributed by atoms with van der Waals surface area (Å²) in [6, 6.07) is 7.35. The van der Waals surface area contributed by atoms with Crippen molar-refractivity contribution in [2.45, 2.75) is 168 Å². The van der Waals surface area contributed by atoms with Crippen LogP contribution in [0, 0.1) is 23.7 Å². The molecule has 19 heteroatoms. The molecule has 5 N–H and O–H groups in total. The molecular formula is C54H81N7O12. The monoisotopic (exact) mass is 1020 g/mol. The highest BCUT2D eigenvalue weighted by Crippen LogP contribution is 2.26. The van der Waals surface area contributed by atoms with Crippen LogP contribution in [-0.2, 0) is 56.1 Å². The highest BCUT2D eigenvalue weighted by molar-refractivity contribution is 5.96. The number of carbonyl (C=O) groups excluding carboxylic acids is 8. The number of benzene rings is 2. The predicted molar refractivity (Wildman–Crippen MR) is 273 cm³/mol. The van der Waals surface area contributed by atoms with Gasteiger partial charge in [-0.3, -0.25) is 33.7 Å². The number of fused-ring (bicyclic) bond motifs is 1. The lowest BCUT2D eigenvalue weighted by Gasteiger charge is -2.35. The number of hydrogen-bond acceptors (Lipinski definition) is 12. The van der Waals surface area contributed by atoms with Gasteiger partial charge in [-0.15, -0.1) is 0 Å². The Bertz CT molecular complexity index is 2190. The molecule has 0 unspecified atom stereocenters. The number of hydrogen-bond donors (Lipinski definition) is 5. The van der Waals surface area contributed by atoms with Crippen molar-refractivity contribution in [2.75, 3.05) is 27.7 Å². The van der Waals surface area contributed by atoms with Gasteiger partial charge in [-0.1, -0.05) is 104 Å². The van der Waals surface area contributed by atoms with Gasteiger partial charge in [0.05, 0.1) is 25.7 Å². The zero-order chi connectivity index (χ0) is 54.3. The van der Waals surface area contributed by atoms with Crippen molar-refractivity contribution in [3.05, 3.63) is 65.7 Å². The molecule has 2 heterocycles. The third-order valence-electron chi connectivity index (χ3n) is 13.8. The Balaban J connectivity index is 1.84. The number of amides is 7. The number of ether oxygens (including phenoxy) is 3. The summed E-state index contributed by atoms with van der Waals surface area (Å²) in [6.07, 6.45) is -2.89. The van der Waals surface area contributed by atoms with Crippen LogP contribution in [0.5, 0.6) is 5.75 Å². The van der Waals surface area contributed by atoms with Gasteiger partial charge in [0.15, 0.2) is 0 Å². The van der Waals surface area contributed by atoms with E-state index in [-0.39, 0.29) is 50.7 Å². The van der Waals surface area contributed by atoms with E-state index < -0.39 is 120 Å². The van der Waals surface area contributed by atoms with Crippen LogP contribution in [0.25, 0.3) is 0 Å². The van der Waals surface area contributed by atoms with Crippen LogP contribution in [-0.4, -0.2) is 150 Å². The minimum Gasteiger partial charge on any atom is -0.497 e. The van der Waals surface area contributed by atoms with Gasteiger partial charge in [-0.25, -0.2) is 9.59 Å². The van der Waals surface area contributed by atoms with Crippen molar-refractivity contribution in [1.82, 2.24) is 36.0 Å². The maximum atomic E-state index is 14.8. The molecule has 0 aliphatic carbocycles. The Labute approximate surface area is 431 Å². The minimum atomic E-state index is -1.67. The highest BCUT2D eigenvalue weighted by Gasteiger charge is 2.44. The van der Waals surface area contributed by atoms with Crippen LogP contribution in [0.1, 0.15) is 112 Å². The first-order valence-electron chi connectivity index (χ1n) is 25.7. The molecule has 2 aliphatic rings. The third-order valence-corrected chi connectivity index (χ3v) is 13.8. The molecular weight excluding hydrogens is 939 g/mol. The maximum absolute atomic E-state index is 14.8. The van der Waals surface area contributed by atoms with Gasteiger partial charge in [-0.05, 0) is 79.5 Å². The van der Waals surface area contributed by atoms with Crippen molar-refractivity contribution < 1.29 is 57.7 Å². The number of methoxy groups -OCH3 is 1. The summed E-state index contributed by atoms with van der Waals surface area (Å²) in [7, 11) is 4.36. The number of rotatable bonds is 15. The molecule has 2 aromatic rings. The topological polar surface area (TPSA) is 242 Å². The lowest BCUT2D eigenvalue weighted by molar-refractivity contribution is -0.162. The fourth-order valence-corrected chi connectivity index (χ4v) is 9.21. The van der Waals surface area contributed by atoms with Gasteiger partial charge >= 0.3 is 12.1 Å². The summed E-state index contributed by atoms with van der Waals surface area (Å²) in [4.78, 5) is 119. The van der Waals surface area contributed by atoms with Gasteiger partial charge in [0.2, 0.25) is 35.4 Å².